The normalized spacial score (nSPS) is 21.3. The van der Waals surface area contributed by atoms with E-state index >= 15 is 0 Å². The van der Waals surface area contributed by atoms with Crippen molar-refractivity contribution in [2.75, 3.05) is 13.7 Å². The number of rotatable bonds is 4. The van der Waals surface area contributed by atoms with Crippen LogP contribution in [0.25, 0.3) is 0 Å². The minimum Gasteiger partial charge on any atom is -0.383 e. The van der Waals surface area contributed by atoms with Crippen LogP contribution >= 0.6 is 0 Å². The van der Waals surface area contributed by atoms with E-state index in [1.165, 1.54) is 11.3 Å². The van der Waals surface area contributed by atoms with Gasteiger partial charge in [-0.2, -0.15) is 0 Å². The molecule has 3 N–H and O–H groups in total. The molecule has 0 saturated carbocycles. The lowest BCUT2D eigenvalue weighted by molar-refractivity contribution is 0.154. The zero-order valence-electron chi connectivity index (χ0n) is 8.94. The number of nitrogens with zero attached hydrogens (tertiary/aromatic N) is 1. The van der Waals surface area contributed by atoms with E-state index in [9.17, 15) is 0 Å². The number of hydrogen-bond donors (Lipinski definition) is 2. The number of methoxy groups -OCH3 is 1. The number of aromatic nitrogens is 1. The number of pyridine rings is 1. The van der Waals surface area contributed by atoms with Crippen molar-refractivity contribution in [1.82, 2.24) is 10.4 Å². The summed E-state index contributed by atoms with van der Waals surface area (Å²) in [5, 5.41) is 0. The molecule has 0 amide bonds. The lowest BCUT2D eigenvalue weighted by atomic mass is 9.98. The Bertz CT molecular complexity index is 329. The van der Waals surface area contributed by atoms with Crippen LogP contribution in [0, 0.1) is 0 Å². The average Bonchev–Trinajstić information content (AvgIpc) is 2.70. The molecule has 0 saturated heterocycles. The van der Waals surface area contributed by atoms with E-state index in [2.05, 4.69) is 16.5 Å². The Labute approximate surface area is 89.8 Å². The Balaban J connectivity index is 2.18. The molecule has 1 aromatic heterocycles. The molecule has 1 heterocycles. The van der Waals surface area contributed by atoms with Gasteiger partial charge in [0.05, 0.1) is 12.6 Å². The van der Waals surface area contributed by atoms with Crippen LogP contribution in [-0.2, 0) is 11.2 Å². The van der Waals surface area contributed by atoms with Crippen molar-refractivity contribution in [2.24, 2.45) is 5.84 Å². The van der Waals surface area contributed by atoms with E-state index in [0.29, 0.717) is 12.5 Å². The number of aryl methyl sites for hydroxylation is 1. The Morgan fingerprint density at radius 2 is 2.60 bits per heavy atom. The first-order valence-electron chi connectivity index (χ1n) is 5.25. The maximum absolute atomic E-state index is 5.54. The fourth-order valence-corrected chi connectivity index (χ4v) is 2.30. The van der Waals surface area contributed by atoms with Crippen LogP contribution in [0.4, 0.5) is 0 Å². The lowest BCUT2D eigenvalue weighted by Crippen LogP contribution is -2.42. The quantitative estimate of drug-likeness (QED) is 0.560. The van der Waals surface area contributed by atoms with Gasteiger partial charge in [-0.15, -0.1) is 0 Å². The molecule has 1 aliphatic rings. The van der Waals surface area contributed by atoms with Gasteiger partial charge in [0.1, 0.15) is 0 Å². The van der Waals surface area contributed by atoms with Gasteiger partial charge in [0.25, 0.3) is 0 Å². The van der Waals surface area contributed by atoms with Gasteiger partial charge in [-0.1, -0.05) is 6.07 Å². The van der Waals surface area contributed by atoms with Crippen LogP contribution < -0.4 is 11.3 Å². The highest BCUT2D eigenvalue weighted by molar-refractivity contribution is 5.29. The van der Waals surface area contributed by atoms with Crippen molar-refractivity contribution in [3.63, 3.8) is 0 Å². The van der Waals surface area contributed by atoms with Gasteiger partial charge in [0.2, 0.25) is 0 Å². The predicted octanol–water partition coefficient (Wildman–Crippen LogP) is 0.590. The molecule has 1 aliphatic carbocycles. The highest BCUT2D eigenvalue weighted by atomic mass is 16.5. The first-order valence-corrected chi connectivity index (χ1v) is 5.25. The molecule has 0 aliphatic heterocycles. The fraction of sp³-hybridized carbons (Fsp3) is 0.545. The van der Waals surface area contributed by atoms with Crippen molar-refractivity contribution < 1.29 is 4.74 Å². The summed E-state index contributed by atoms with van der Waals surface area (Å²) in [5.74, 6) is 5.92. The number of hydrazine groups is 1. The minimum absolute atomic E-state index is 0.158. The van der Waals surface area contributed by atoms with E-state index < -0.39 is 0 Å². The standard InChI is InChI=1S/C11H17N3O/c1-15-7-10(14-12)9-5-4-8-3-2-6-13-11(8)9/h2-3,6,9-10,14H,4-5,7,12H2,1H3. The molecular formula is C11H17N3O. The van der Waals surface area contributed by atoms with Crippen molar-refractivity contribution in [2.45, 2.75) is 24.8 Å². The first kappa shape index (κ1) is 10.5. The van der Waals surface area contributed by atoms with Crippen molar-refractivity contribution >= 4 is 0 Å². The van der Waals surface area contributed by atoms with E-state index in [0.717, 1.165) is 12.8 Å². The molecule has 0 spiro atoms. The number of nitrogens with one attached hydrogen (secondary N) is 1. The molecule has 0 bridgehead atoms. The van der Waals surface area contributed by atoms with E-state index in [1.807, 2.05) is 12.3 Å². The number of fused-ring (bicyclic) bond motifs is 1. The highest BCUT2D eigenvalue weighted by Gasteiger charge is 2.30. The maximum Gasteiger partial charge on any atom is 0.0635 e. The summed E-state index contributed by atoms with van der Waals surface area (Å²) in [5.41, 5.74) is 5.35. The summed E-state index contributed by atoms with van der Waals surface area (Å²) in [6.07, 6.45) is 4.04. The van der Waals surface area contributed by atoms with E-state index in [4.69, 9.17) is 10.6 Å². The fourth-order valence-electron chi connectivity index (χ4n) is 2.30. The number of nitrogens with two attached hydrogens (primary N) is 1. The van der Waals surface area contributed by atoms with Crippen molar-refractivity contribution in [3.8, 4) is 0 Å². The van der Waals surface area contributed by atoms with Gasteiger partial charge in [0.15, 0.2) is 0 Å². The second-order valence-electron chi connectivity index (χ2n) is 3.92. The SMILES string of the molecule is COCC(NN)C1CCc2cccnc21. The molecule has 4 heteroatoms. The van der Waals surface area contributed by atoms with Gasteiger partial charge in [-0.25, -0.2) is 0 Å². The molecule has 2 rings (SSSR count). The third-order valence-corrected chi connectivity index (χ3v) is 3.05. The van der Waals surface area contributed by atoms with Crippen molar-refractivity contribution in [3.05, 3.63) is 29.6 Å². The van der Waals surface area contributed by atoms with Gasteiger partial charge in [0, 0.05) is 24.9 Å². The number of hydrogen-bond acceptors (Lipinski definition) is 4. The van der Waals surface area contributed by atoms with Gasteiger partial charge in [-0.05, 0) is 24.5 Å². The Morgan fingerprint density at radius 3 is 3.33 bits per heavy atom. The third-order valence-electron chi connectivity index (χ3n) is 3.05. The predicted molar refractivity (Wildman–Crippen MR) is 58.3 cm³/mol. The lowest BCUT2D eigenvalue weighted by Gasteiger charge is -2.21. The molecule has 2 atom stereocenters. The highest BCUT2D eigenvalue weighted by Crippen LogP contribution is 2.33. The summed E-state index contributed by atoms with van der Waals surface area (Å²) in [7, 11) is 1.69. The second-order valence-corrected chi connectivity index (χ2v) is 3.92. The molecule has 15 heavy (non-hydrogen) atoms. The first-order chi connectivity index (χ1) is 7.36. The van der Waals surface area contributed by atoms with E-state index in [-0.39, 0.29) is 6.04 Å². The van der Waals surface area contributed by atoms with Crippen LogP contribution in [0.2, 0.25) is 0 Å². The largest absolute Gasteiger partial charge is 0.383 e. The minimum atomic E-state index is 0.158. The zero-order chi connectivity index (χ0) is 10.7. The summed E-state index contributed by atoms with van der Waals surface area (Å²) in [6, 6.07) is 4.29. The topological polar surface area (TPSA) is 60.2 Å². The summed E-state index contributed by atoms with van der Waals surface area (Å²) in [6.45, 7) is 0.622. The van der Waals surface area contributed by atoms with Crippen molar-refractivity contribution in [1.29, 1.82) is 0 Å². The molecule has 82 valence electrons. The molecule has 1 aromatic rings. The molecule has 4 nitrogen and oxygen atoms in total. The molecule has 0 aromatic carbocycles. The average molecular weight is 207 g/mol. The van der Waals surface area contributed by atoms with Gasteiger partial charge in [-0.3, -0.25) is 16.3 Å². The summed E-state index contributed by atoms with van der Waals surface area (Å²) in [4.78, 5) is 4.44. The number of ether oxygens (including phenoxy) is 1. The Hall–Kier alpha value is -0.970. The Morgan fingerprint density at radius 1 is 1.73 bits per heavy atom. The van der Waals surface area contributed by atoms with Crippen LogP contribution in [0.1, 0.15) is 23.6 Å². The van der Waals surface area contributed by atoms with Gasteiger partial charge < -0.3 is 4.74 Å². The third kappa shape index (κ3) is 2.02. The molecule has 2 unspecified atom stereocenters. The molecule has 0 fully saturated rings. The monoisotopic (exact) mass is 207 g/mol. The molecular weight excluding hydrogens is 190 g/mol. The van der Waals surface area contributed by atoms with Crippen LogP contribution in [0.3, 0.4) is 0 Å². The maximum atomic E-state index is 5.54. The van der Waals surface area contributed by atoms with E-state index in [1.54, 1.807) is 7.11 Å². The summed E-state index contributed by atoms with van der Waals surface area (Å²) >= 11 is 0. The Kier molecular flexibility index (Phi) is 3.30. The summed E-state index contributed by atoms with van der Waals surface area (Å²) < 4.78 is 5.15. The second kappa shape index (κ2) is 4.70. The van der Waals surface area contributed by atoms with Gasteiger partial charge >= 0.3 is 0 Å². The molecule has 0 radical (unpaired) electrons. The zero-order valence-corrected chi connectivity index (χ0v) is 8.94. The van der Waals surface area contributed by atoms with Crippen LogP contribution in [0.5, 0.6) is 0 Å². The van der Waals surface area contributed by atoms with Crippen LogP contribution in [-0.4, -0.2) is 24.7 Å². The van der Waals surface area contributed by atoms with Crippen LogP contribution in [0.15, 0.2) is 18.3 Å². The smallest absolute Gasteiger partial charge is 0.0635 e.